The molecule has 3 heteroatoms. The molecule has 1 fully saturated rings. The van der Waals surface area contributed by atoms with Crippen molar-refractivity contribution in [2.24, 2.45) is 0 Å². The molecule has 0 unspecified atom stereocenters. The van der Waals surface area contributed by atoms with Crippen LogP contribution in [0.4, 0.5) is 0 Å². The van der Waals surface area contributed by atoms with Gasteiger partial charge in [0, 0.05) is 0 Å². The number of hydrogen-bond acceptors (Lipinski definition) is 1. The molecule has 0 bridgehead atoms. The summed E-state index contributed by atoms with van der Waals surface area (Å²) in [6, 6.07) is 0. The summed E-state index contributed by atoms with van der Waals surface area (Å²) < 4.78 is 0. The van der Waals surface area contributed by atoms with Crippen molar-refractivity contribution in [1.29, 1.82) is 0 Å². The van der Waals surface area contributed by atoms with Gasteiger partial charge in [-0.2, -0.15) is 6.41 Å². The Hall–Kier alpha value is 0.0674. The van der Waals surface area contributed by atoms with E-state index in [1.54, 1.807) is 4.90 Å². The van der Waals surface area contributed by atoms with Crippen LogP contribution in [0.15, 0.2) is 0 Å². The second-order valence-electron chi connectivity index (χ2n) is 2.14. The molecule has 1 saturated heterocycles. The van der Waals surface area contributed by atoms with Crippen LogP contribution in [0.2, 0.25) is 0 Å². The molecule has 1 aliphatic heterocycles. The van der Waals surface area contributed by atoms with E-state index >= 15 is 0 Å². The van der Waals surface area contributed by atoms with Crippen LogP contribution in [0.5, 0.6) is 0 Å². The maximum Gasteiger partial charge on any atom is 1.00 e. The Balaban J connectivity index is 0.000000640. The Morgan fingerprint density at radius 2 is 1.67 bits per heavy atom. The van der Waals surface area contributed by atoms with Crippen LogP contribution in [0.25, 0.3) is 0 Å². The van der Waals surface area contributed by atoms with Crippen LogP contribution >= 0.6 is 0 Å². The molecule has 0 atom stereocenters. The average molecular weight is 119 g/mol. The zero-order valence-corrected chi connectivity index (χ0v) is 5.89. The minimum Gasteiger partial charge on any atom is -0.520 e. The van der Waals surface area contributed by atoms with Gasteiger partial charge in [-0.1, -0.05) is 6.42 Å². The number of nitrogens with zero attached hydrogens (tertiary/aromatic N) is 1. The van der Waals surface area contributed by atoms with Gasteiger partial charge >= 0.3 is 18.9 Å². The van der Waals surface area contributed by atoms with Crippen LogP contribution in [0, 0.1) is 0 Å². The van der Waals surface area contributed by atoms with Crippen molar-refractivity contribution in [1.82, 2.24) is 4.90 Å². The molecule has 46 valence electrons. The topological polar surface area (TPSA) is 20.3 Å². The molecule has 0 radical (unpaired) electrons. The first-order valence-electron chi connectivity index (χ1n) is 3.06. The Bertz CT molecular complexity index is 81.1. The summed E-state index contributed by atoms with van der Waals surface area (Å²) in [6.45, 7) is 1.84. The third kappa shape index (κ3) is 2.93. The van der Waals surface area contributed by atoms with Crippen LogP contribution in [-0.4, -0.2) is 24.4 Å². The van der Waals surface area contributed by atoms with Gasteiger partial charge in [0.25, 0.3) is 0 Å². The third-order valence-corrected chi connectivity index (χ3v) is 1.49. The second-order valence-corrected chi connectivity index (χ2v) is 2.14. The first kappa shape index (κ1) is 9.07. The fraction of sp³-hybridized carbons (Fsp3) is 0.833. The van der Waals surface area contributed by atoms with Crippen LogP contribution in [0.3, 0.4) is 0 Å². The van der Waals surface area contributed by atoms with E-state index in [1.165, 1.54) is 6.42 Å². The van der Waals surface area contributed by atoms with Crippen LogP contribution in [0.1, 0.15) is 19.3 Å². The largest absolute Gasteiger partial charge is 1.00 e. The molecule has 9 heavy (non-hydrogen) atoms. The molecular formula is C6H10LiNO. The van der Waals surface area contributed by atoms with E-state index in [9.17, 15) is 4.79 Å². The predicted molar refractivity (Wildman–Crippen MR) is 31.1 cm³/mol. The zero-order chi connectivity index (χ0) is 5.82. The van der Waals surface area contributed by atoms with Crippen molar-refractivity contribution in [3.63, 3.8) is 0 Å². The van der Waals surface area contributed by atoms with Gasteiger partial charge in [0.1, 0.15) is 0 Å². The van der Waals surface area contributed by atoms with Gasteiger partial charge in [-0.05, 0) is 25.9 Å². The molecule has 0 aromatic heterocycles. The maximum absolute atomic E-state index is 9.96. The number of likely N-dealkylation sites (tertiary alicyclic amines) is 1. The average Bonchev–Trinajstić information content (AvgIpc) is 1.90. The monoisotopic (exact) mass is 119 g/mol. The van der Waals surface area contributed by atoms with Crippen LogP contribution in [-0.2, 0) is 4.79 Å². The van der Waals surface area contributed by atoms with Crippen molar-refractivity contribution in [2.45, 2.75) is 19.3 Å². The van der Waals surface area contributed by atoms with E-state index in [0.717, 1.165) is 25.9 Å². The number of amides is 1. The molecule has 0 aliphatic carbocycles. The third-order valence-electron chi connectivity index (χ3n) is 1.49. The molecule has 2 nitrogen and oxygen atoms in total. The first-order valence-corrected chi connectivity index (χ1v) is 3.06. The smallest absolute Gasteiger partial charge is 0.520 e. The Morgan fingerprint density at radius 3 is 2.00 bits per heavy atom. The summed E-state index contributed by atoms with van der Waals surface area (Å²) in [6.07, 6.45) is 5.49. The van der Waals surface area contributed by atoms with Gasteiger partial charge in [-0.15, -0.1) is 0 Å². The van der Waals surface area contributed by atoms with Gasteiger partial charge in [-0.3, -0.25) is 0 Å². The van der Waals surface area contributed by atoms with E-state index in [4.69, 9.17) is 0 Å². The molecule has 0 aromatic rings. The fourth-order valence-corrected chi connectivity index (χ4v) is 0.985. The van der Waals surface area contributed by atoms with Crippen molar-refractivity contribution in [2.75, 3.05) is 13.1 Å². The number of carbonyl (C=O) groups excluding carboxylic acids is 1. The van der Waals surface area contributed by atoms with E-state index in [2.05, 4.69) is 0 Å². The molecule has 0 aromatic carbocycles. The molecule has 1 heterocycles. The standard InChI is InChI=1S/C6H10NO.Li/c8-6-7-4-2-1-3-5-7;/h1-5H2;/q-1;+1. The van der Waals surface area contributed by atoms with Gasteiger partial charge < -0.3 is 9.69 Å². The second kappa shape index (κ2) is 4.90. The van der Waals surface area contributed by atoms with Gasteiger partial charge in [0.2, 0.25) is 0 Å². The van der Waals surface area contributed by atoms with Gasteiger partial charge in [0.05, 0.1) is 0 Å². The molecule has 0 spiro atoms. The minimum atomic E-state index is 0. The molecule has 1 rings (SSSR count). The summed E-state index contributed by atoms with van der Waals surface area (Å²) in [7, 11) is 0. The number of piperidine rings is 1. The SMILES string of the molecule is O=[C-]N1CCCCC1.[Li+]. The molecular weight excluding hydrogens is 109 g/mol. The predicted octanol–water partition coefficient (Wildman–Crippen LogP) is -2.46. The Labute approximate surface area is 67.8 Å². The number of rotatable bonds is 1. The fourth-order valence-electron chi connectivity index (χ4n) is 0.985. The van der Waals surface area contributed by atoms with Gasteiger partial charge in [-0.25, -0.2) is 0 Å². The van der Waals surface area contributed by atoms with Crippen molar-refractivity contribution < 1.29 is 23.7 Å². The van der Waals surface area contributed by atoms with Gasteiger partial charge in [0.15, 0.2) is 0 Å². The van der Waals surface area contributed by atoms with Crippen LogP contribution < -0.4 is 18.9 Å². The molecule has 0 N–H and O–H groups in total. The quantitative estimate of drug-likeness (QED) is 0.277. The van der Waals surface area contributed by atoms with E-state index in [0.29, 0.717) is 0 Å². The molecule has 1 amide bonds. The minimum absolute atomic E-state index is 0. The maximum atomic E-state index is 9.96. The van der Waals surface area contributed by atoms with E-state index in [1.807, 2.05) is 6.41 Å². The molecule has 1 aliphatic rings. The first-order chi connectivity index (χ1) is 3.93. The van der Waals surface area contributed by atoms with Crippen molar-refractivity contribution in [3.8, 4) is 0 Å². The number of hydrogen-bond donors (Lipinski definition) is 0. The Kier molecular flexibility index (Phi) is 4.94. The van der Waals surface area contributed by atoms with E-state index < -0.39 is 0 Å². The molecule has 0 saturated carbocycles. The van der Waals surface area contributed by atoms with Crippen molar-refractivity contribution >= 4 is 6.41 Å². The summed E-state index contributed by atoms with van der Waals surface area (Å²) in [5.41, 5.74) is 0. The van der Waals surface area contributed by atoms with Crippen molar-refractivity contribution in [3.05, 3.63) is 0 Å². The summed E-state index contributed by atoms with van der Waals surface area (Å²) in [4.78, 5) is 11.7. The summed E-state index contributed by atoms with van der Waals surface area (Å²) >= 11 is 0. The summed E-state index contributed by atoms with van der Waals surface area (Å²) in [5.74, 6) is 0. The van der Waals surface area contributed by atoms with E-state index in [-0.39, 0.29) is 18.9 Å². The summed E-state index contributed by atoms with van der Waals surface area (Å²) in [5, 5.41) is 0. The normalized spacial score (nSPS) is 18.4. The Morgan fingerprint density at radius 1 is 1.11 bits per heavy atom. The zero-order valence-electron chi connectivity index (χ0n) is 5.89.